The lowest BCUT2D eigenvalue weighted by Crippen LogP contribution is -2.02. The maximum Gasteiger partial charge on any atom is 0.128 e. The molecule has 2 aromatic rings. The predicted molar refractivity (Wildman–Crippen MR) is 71.5 cm³/mol. The summed E-state index contributed by atoms with van der Waals surface area (Å²) in [7, 11) is 1.65. The molecule has 2 rings (SSSR count). The number of halogens is 1. The molecule has 0 spiro atoms. The smallest absolute Gasteiger partial charge is 0.128 e. The van der Waals surface area contributed by atoms with Crippen LogP contribution in [-0.4, -0.2) is 7.11 Å². The lowest BCUT2D eigenvalue weighted by molar-refractivity contribution is 0.412. The Morgan fingerprint density at radius 3 is 2.61 bits per heavy atom. The molecule has 0 aliphatic heterocycles. The SMILES string of the molecule is COc1ccc(NCc2ccccc2F)cc1C. The van der Waals surface area contributed by atoms with Gasteiger partial charge in [-0.3, -0.25) is 0 Å². The molecule has 0 saturated heterocycles. The van der Waals surface area contributed by atoms with E-state index in [2.05, 4.69) is 5.32 Å². The van der Waals surface area contributed by atoms with E-state index in [1.165, 1.54) is 6.07 Å². The number of rotatable bonds is 4. The van der Waals surface area contributed by atoms with Crippen molar-refractivity contribution in [2.45, 2.75) is 13.5 Å². The minimum atomic E-state index is -0.185. The molecule has 0 atom stereocenters. The van der Waals surface area contributed by atoms with Crippen molar-refractivity contribution in [2.75, 3.05) is 12.4 Å². The van der Waals surface area contributed by atoms with E-state index in [1.807, 2.05) is 31.2 Å². The Morgan fingerprint density at radius 2 is 1.94 bits per heavy atom. The van der Waals surface area contributed by atoms with Crippen LogP contribution in [0.1, 0.15) is 11.1 Å². The maximum atomic E-state index is 13.4. The third kappa shape index (κ3) is 2.80. The van der Waals surface area contributed by atoms with Gasteiger partial charge in [0.15, 0.2) is 0 Å². The summed E-state index contributed by atoms with van der Waals surface area (Å²) in [5.41, 5.74) is 2.67. The predicted octanol–water partition coefficient (Wildman–Crippen LogP) is 3.75. The minimum absolute atomic E-state index is 0.185. The van der Waals surface area contributed by atoms with Crippen molar-refractivity contribution < 1.29 is 9.13 Å². The number of hydrogen-bond acceptors (Lipinski definition) is 2. The molecule has 3 heteroatoms. The Bertz CT molecular complexity index is 540. The topological polar surface area (TPSA) is 21.3 Å². The number of nitrogens with one attached hydrogen (secondary N) is 1. The number of ether oxygens (including phenoxy) is 1. The van der Waals surface area contributed by atoms with Gasteiger partial charge >= 0.3 is 0 Å². The van der Waals surface area contributed by atoms with Gasteiger partial charge in [-0.25, -0.2) is 4.39 Å². The quantitative estimate of drug-likeness (QED) is 0.885. The first kappa shape index (κ1) is 12.4. The number of methoxy groups -OCH3 is 1. The Hall–Kier alpha value is -2.03. The van der Waals surface area contributed by atoms with Crippen molar-refractivity contribution in [3.8, 4) is 5.75 Å². The van der Waals surface area contributed by atoms with E-state index in [9.17, 15) is 4.39 Å². The molecule has 0 unspecified atom stereocenters. The lowest BCUT2D eigenvalue weighted by atomic mass is 10.1. The number of anilines is 1. The monoisotopic (exact) mass is 245 g/mol. The molecule has 0 amide bonds. The maximum absolute atomic E-state index is 13.4. The second-order valence-corrected chi connectivity index (χ2v) is 4.13. The third-order valence-corrected chi connectivity index (χ3v) is 2.84. The van der Waals surface area contributed by atoms with Crippen molar-refractivity contribution in [1.29, 1.82) is 0 Å². The summed E-state index contributed by atoms with van der Waals surface area (Å²) < 4.78 is 18.6. The van der Waals surface area contributed by atoms with Gasteiger partial charge in [0.25, 0.3) is 0 Å². The van der Waals surface area contributed by atoms with Gasteiger partial charge in [0.2, 0.25) is 0 Å². The summed E-state index contributed by atoms with van der Waals surface area (Å²) in [6.07, 6.45) is 0. The van der Waals surface area contributed by atoms with Crippen LogP contribution in [0.25, 0.3) is 0 Å². The van der Waals surface area contributed by atoms with Gasteiger partial charge in [0.05, 0.1) is 7.11 Å². The first-order valence-corrected chi connectivity index (χ1v) is 5.82. The molecule has 0 fully saturated rings. The largest absolute Gasteiger partial charge is 0.496 e. The highest BCUT2D eigenvalue weighted by Crippen LogP contribution is 2.22. The summed E-state index contributed by atoms with van der Waals surface area (Å²) in [5.74, 6) is 0.668. The van der Waals surface area contributed by atoms with Crippen LogP contribution in [0.3, 0.4) is 0 Å². The van der Waals surface area contributed by atoms with E-state index in [1.54, 1.807) is 19.2 Å². The van der Waals surface area contributed by atoms with Crippen LogP contribution < -0.4 is 10.1 Å². The average Bonchev–Trinajstić information content (AvgIpc) is 2.38. The molecule has 0 aliphatic carbocycles. The van der Waals surface area contributed by atoms with Gasteiger partial charge < -0.3 is 10.1 Å². The zero-order valence-corrected chi connectivity index (χ0v) is 10.5. The summed E-state index contributed by atoms with van der Waals surface area (Å²) in [5, 5.41) is 3.20. The van der Waals surface area contributed by atoms with E-state index in [0.29, 0.717) is 12.1 Å². The van der Waals surface area contributed by atoms with Crippen LogP contribution in [0.4, 0.5) is 10.1 Å². The van der Waals surface area contributed by atoms with Crippen LogP contribution in [0, 0.1) is 12.7 Å². The highest BCUT2D eigenvalue weighted by molar-refractivity contribution is 5.51. The van der Waals surface area contributed by atoms with Crippen LogP contribution in [0.2, 0.25) is 0 Å². The fourth-order valence-corrected chi connectivity index (χ4v) is 1.83. The molecule has 0 radical (unpaired) electrons. The van der Waals surface area contributed by atoms with Gasteiger partial charge in [-0.15, -0.1) is 0 Å². The van der Waals surface area contributed by atoms with E-state index in [-0.39, 0.29) is 5.82 Å². The molecule has 0 aliphatic rings. The number of hydrogen-bond donors (Lipinski definition) is 1. The molecule has 2 nitrogen and oxygen atoms in total. The molecule has 0 aromatic heterocycles. The van der Waals surface area contributed by atoms with Crippen LogP contribution in [-0.2, 0) is 6.54 Å². The third-order valence-electron chi connectivity index (χ3n) is 2.84. The summed E-state index contributed by atoms with van der Waals surface area (Å²) >= 11 is 0. The average molecular weight is 245 g/mol. The summed E-state index contributed by atoms with van der Waals surface area (Å²) in [6.45, 7) is 2.45. The Kier molecular flexibility index (Phi) is 3.82. The molecule has 2 aromatic carbocycles. The van der Waals surface area contributed by atoms with Crippen LogP contribution >= 0.6 is 0 Å². The second kappa shape index (κ2) is 5.54. The van der Waals surface area contributed by atoms with E-state index in [4.69, 9.17) is 4.74 Å². The molecule has 0 heterocycles. The van der Waals surface area contributed by atoms with Crippen molar-refractivity contribution in [3.63, 3.8) is 0 Å². The number of benzene rings is 2. The molecule has 0 saturated carbocycles. The Balaban J connectivity index is 2.07. The van der Waals surface area contributed by atoms with E-state index >= 15 is 0 Å². The van der Waals surface area contributed by atoms with Crippen molar-refractivity contribution >= 4 is 5.69 Å². The van der Waals surface area contributed by atoms with E-state index < -0.39 is 0 Å². The van der Waals surface area contributed by atoms with Crippen LogP contribution in [0.5, 0.6) is 5.75 Å². The first-order valence-electron chi connectivity index (χ1n) is 5.82. The molecular weight excluding hydrogens is 229 g/mol. The normalized spacial score (nSPS) is 10.2. The van der Waals surface area contributed by atoms with Crippen molar-refractivity contribution in [2.24, 2.45) is 0 Å². The fraction of sp³-hybridized carbons (Fsp3) is 0.200. The van der Waals surface area contributed by atoms with Crippen molar-refractivity contribution in [3.05, 3.63) is 59.4 Å². The summed E-state index contributed by atoms with van der Waals surface area (Å²) in [6, 6.07) is 12.6. The summed E-state index contributed by atoms with van der Waals surface area (Å²) in [4.78, 5) is 0. The Morgan fingerprint density at radius 1 is 1.17 bits per heavy atom. The molecule has 18 heavy (non-hydrogen) atoms. The van der Waals surface area contributed by atoms with Crippen LogP contribution in [0.15, 0.2) is 42.5 Å². The van der Waals surface area contributed by atoms with Gasteiger partial charge in [0, 0.05) is 17.8 Å². The number of aryl methyl sites for hydroxylation is 1. The second-order valence-electron chi connectivity index (χ2n) is 4.13. The first-order chi connectivity index (χ1) is 8.70. The van der Waals surface area contributed by atoms with Gasteiger partial charge in [-0.05, 0) is 36.8 Å². The minimum Gasteiger partial charge on any atom is -0.496 e. The molecule has 94 valence electrons. The highest BCUT2D eigenvalue weighted by Gasteiger charge is 2.02. The van der Waals surface area contributed by atoms with Gasteiger partial charge in [-0.1, -0.05) is 18.2 Å². The van der Waals surface area contributed by atoms with Crippen molar-refractivity contribution in [1.82, 2.24) is 0 Å². The molecular formula is C15H16FNO. The molecule has 0 bridgehead atoms. The van der Waals surface area contributed by atoms with Gasteiger partial charge in [0.1, 0.15) is 11.6 Å². The fourth-order valence-electron chi connectivity index (χ4n) is 1.83. The van der Waals surface area contributed by atoms with E-state index in [0.717, 1.165) is 17.0 Å². The van der Waals surface area contributed by atoms with Gasteiger partial charge in [-0.2, -0.15) is 0 Å². The highest BCUT2D eigenvalue weighted by atomic mass is 19.1. The standard InChI is InChI=1S/C15H16FNO/c1-11-9-13(7-8-15(11)18-2)17-10-12-5-3-4-6-14(12)16/h3-9,17H,10H2,1-2H3. The lowest BCUT2D eigenvalue weighted by Gasteiger charge is -2.10. The zero-order valence-electron chi connectivity index (χ0n) is 10.5. The molecule has 1 N–H and O–H groups in total. The zero-order chi connectivity index (χ0) is 13.0. The Labute approximate surface area is 106 Å².